The summed E-state index contributed by atoms with van der Waals surface area (Å²) < 4.78 is 5.33. The lowest BCUT2D eigenvalue weighted by Gasteiger charge is -2.26. The summed E-state index contributed by atoms with van der Waals surface area (Å²) in [4.78, 5) is 11.1. The number of nitrogens with zero attached hydrogens (tertiary/aromatic N) is 3. The van der Waals surface area contributed by atoms with Crippen molar-refractivity contribution < 1.29 is 4.74 Å². The summed E-state index contributed by atoms with van der Waals surface area (Å²) in [7, 11) is 0. The summed E-state index contributed by atoms with van der Waals surface area (Å²) in [5, 5.41) is 3.27. The molecule has 0 aliphatic carbocycles. The molecule has 1 aliphatic heterocycles. The van der Waals surface area contributed by atoms with Gasteiger partial charge in [0.2, 0.25) is 5.95 Å². The van der Waals surface area contributed by atoms with E-state index in [2.05, 4.69) is 34.0 Å². The Kier molecular flexibility index (Phi) is 5.54. The molecule has 0 unspecified atom stereocenters. The number of anilines is 1. The van der Waals surface area contributed by atoms with Crippen molar-refractivity contribution in [2.75, 3.05) is 44.7 Å². The molecule has 0 bridgehead atoms. The fraction of sp³-hybridized carbons (Fsp3) is 0.714. The predicted molar refractivity (Wildman–Crippen MR) is 76.5 cm³/mol. The van der Waals surface area contributed by atoms with Gasteiger partial charge in [-0.3, -0.25) is 4.90 Å². The number of hydrogen-bond acceptors (Lipinski definition) is 5. The van der Waals surface area contributed by atoms with Crippen LogP contribution < -0.4 is 5.32 Å². The number of rotatable bonds is 6. The Morgan fingerprint density at radius 2 is 1.95 bits per heavy atom. The van der Waals surface area contributed by atoms with Crippen LogP contribution >= 0.6 is 0 Å². The van der Waals surface area contributed by atoms with E-state index < -0.39 is 0 Å². The highest BCUT2D eigenvalue weighted by Crippen LogP contribution is 2.12. The summed E-state index contributed by atoms with van der Waals surface area (Å²) >= 11 is 0. The zero-order valence-electron chi connectivity index (χ0n) is 11.9. The number of ether oxygens (including phenoxy) is 1. The van der Waals surface area contributed by atoms with Gasteiger partial charge < -0.3 is 10.1 Å². The molecule has 5 nitrogen and oxygen atoms in total. The van der Waals surface area contributed by atoms with Crippen molar-refractivity contribution >= 4 is 5.95 Å². The SMILES string of the molecule is CC(C)c1cnc(NCCCN2CCOCC2)nc1. The van der Waals surface area contributed by atoms with Gasteiger partial charge in [0.05, 0.1) is 13.2 Å². The van der Waals surface area contributed by atoms with E-state index in [9.17, 15) is 0 Å². The minimum absolute atomic E-state index is 0.482. The maximum atomic E-state index is 5.33. The van der Waals surface area contributed by atoms with Crippen molar-refractivity contribution in [2.45, 2.75) is 26.2 Å². The monoisotopic (exact) mass is 264 g/mol. The maximum absolute atomic E-state index is 5.33. The molecule has 0 saturated carbocycles. The molecular weight excluding hydrogens is 240 g/mol. The molecule has 1 saturated heterocycles. The molecule has 2 heterocycles. The van der Waals surface area contributed by atoms with E-state index in [1.807, 2.05) is 12.4 Å². The highest BCUT2D eigenvalue weighted by molar-refractivity contribution is 5.25. The van der Waals surface area contributed by atoms with Crippen molar-refractivity contribution in [1.82, 2.24) is 14.9 Å². The average molecular weight is 264 g/mol. The van der Waals surface area contributed by atoms with Crippen LogP contribution in [0.25, 0.3) is 0 Å². The zero-order chi connectivity index (χ0) is 13.5. The summed E-state index contributed by atoms with van der Waals surface area (Å²) in [6, 6.07) is 0. The van der Waals surface area contributed by atoms with Crippen LogP contribution in [0.3, 0.4) is 0 Å². The van der Waals surface area contributed by atoms with Crippen LogP contribution in [0.1, 0.15) is 31.7 Å². The molecule has 1 aromatic heterocycles. The van der Waals surface area contributed by atoms with E-state index in [1.54, 1.807) is 0 Å². The number of morpholine rings is 1. The van der Waals surface area contributed by atoms with Crippen LogP contribution in [0.5, 0.6) is 0 Å². The first kappa shape index (κ1) is 14.2. The lowest BCUT2D eigenvalue weighted by atomic mass is 10.1. The first-order valence-electron chi connectivity index (χ1n) is 7.11. The van der Waals surface area contributed by atoms with Gasteiger partial charge in [-0.25, -0.2) is 9.97 Å². The standard InChI is InChI=1S/C14H24N4O/c1-12(2)13-10-16-14(17-11-13)15-4-3-5-18-6-8-19-9-7-18/h10-12H,3-9H2,1-2H3,(H,15,16,17). The molecule has 0 spiro atoms. The first-order valence-corrected chi connectivity index (χ1v) is 7.11. The fourth-order valence-corrected chi connectivity index (χ4v) is 2.06. The Bertz CT molecular complexity index is 360. The second-order valence-electron chi connectivity index (χ2n) is 5.23. The Labute approximate surface area is 115 Å². The van der Waals surface area contributed by atoms with E-state index in [-0.39, 0.29) is 0 Å². The Morgan fingerprint density at radius 1 is 1.26 bits per heavy atom. The van der Waals surface area contributed by atoms with Gasteiger partial charge in [0.15, 0.2) is 0 Å². The maximum Gasteiger partial charge on any atom is 0.222 e. The summed E-state index contributed by atoms with van der Waals surface area (Å²) in [6.07, 6.45) is 4.92. The molecule has 0 aromatic carbocycles. The minimum atomic E-state index is 0.482. The Balaban J connectivity index is 1.64. The number of aromatic nitrogens is 2. The molecule has 19 heavy (non-hydrogen) atoms. The van der Waals surface area contributed by atoms with Crippen LogP contribution in [0.4, 0.5) is 5.95 Å². The number of hydrogen-bond donors (Lipinski definition) is 1. The topological polar surface area (TPSA) is 50.3 Å². The quantitative estimate of drug-likeness (QED) is 0.793. The summed E-state index contributed by atoms with van der Waals surface area (Å²) in [5.74, 6) is 1.21. The molecule has 106 valence electrons. The lowest BCUT2D eigenvalue weighted by molar-refractivity contribution is 0.0378. The summed E-state index contributed by atoms with van der Waals surface area (Å²) in [5.41, 5.74) is 1.18. The van der Waals surface area contributed by atoms with Crippen molar-refractivity contribution in [1.29, 1.82) is 0 Å². The van der Waals surface area contributed by atoms with Crippen molar-refractivity contribution in [3.05, 3.63) is 18.0 Å². The van der Waals surface area contributed by atoms with Crippen LogP contribution in [0.2, 0.25) is 0 Å². The van der Waals surface area contributed by atoms with Gasteiger partial charge in [-0.15, -0.1) is 0 Å². The van der Waals surface area contributed by atoms with E-state index in [1.165, 1.54) is 5.56 Å². The van der Waals surface area contributed by atoms with Crippen molar-refractivity contribution in [2.24, 2.45) is 0 Å². The average Bonchev–Trinajstić information content (AvgIpc) is 2.45. The molecule has 1 fully saturated rings. The number of nitrogens with one attached hydrogen (secondary N) is 1. The fourth-order valence-electron chi connectivity index (χ4n) is 2.06. The van der Waals surface area contributed by atoms with Crippen molar-refractivity contribution in [3.63, 3.8) is 0 Å². The first-order chi connectivity index (χ1) is 9.25. The second-order valence-corrected chi connectivity index (χ2v) is 5.23. The third-order valence-corrected chi connectivity index (χ3v) is 3.38. The summed E-state index contributed by atoms with van der Waals surface area (Å²) in [6.45, 7) is 10.2. The molecule has 1 aliphatic rings. The van der Waals surface area contributed by atoms with Gasteiger partial charge in [0, 0.05) is 32.0 Å². The van der Waals surface area contributed by atoms with E-state index in [0.29, 0.717) is 5.92 Å². The van der Waals surface area contributed by atoms with E-state index in [4.69, 9.17) is 4.74 Å². The van der Waals surface area contributed by atoms with Gasteiger partial charge in [-0.2, -0.15) is 0 Å². The second kappa shape index (κ2) is 7.40. The van der Waals surface area contributed by atoms with Gasteiger partial charge in [0.25, 0.3) is 0 Å². The molecular formula is C14H24N4O. The van der Waals surface area contributed by atoms with Crippen LogP contribution in [-0.2, 0) is 4.74 Å². The molecule has 0 radical (unpaired) electrons. The minimum Gasteiger partial charge on any atom is -0.379 e. The molecule has 0 atom stereocenters. The Hall–Kier alpha value is -1.20. The molecule has 1 N–H and O–H groups in total. The Morgan fingerprint density at radius 3 is 2.58 bits per heavy atom. The van der Waals surface area contributed by atoms with Gasteiger partial charge >= 0.3 is 0 Å². The molecule has 5 heteroatoms. The normalized spacial score (nSPS) is 16.8. The largest absolute Gasteiger partial charge is 0.379 e. The van der Waals surface area contributed by atoms with Gasteiger partial charge in [-0.1, -0.05) is 13.8 Å². The van der Waals surface area contributed by atoms with Crippen LogP contribution in [0, 0.1) is 0 Å². The molecule has 1 aromatic rings. The molecule has 2 rings (SSSR count). The third-order valence-electron chi connectivity index (χ3n) is 3.38. The van der Waals surface area contributed by atoms with E-state index >= 15 is 0 Å². The molecule has 0 amide bonds. The van der Waals surface area contributed by atoms with Crippen molar-refractivity contribution in [3.8, 4) is 0 Å². The zero-order valence-corrected chi connectivity index (χ0v) is 11.9. The van der Waals surface area contributed by atoms with Gasteiger partial charge in [-0.05, 0) is 24.4 Å². The highest BCUT2D eigenvalue weighted by atomic mass is 16.5. The van der Waals surface area contributed by atoms with Gasteiger partial charge in [0.1, 0.15) is 0 Å². The third kappa shape index (κ3) is 4.76. The van der Waals surface area contributed by atoms with Crippen LogP contribution in [0.15, 0.2) is 12.4 Å². The lowest BCUT2D eigenvalue weighted by Crippen LogP contribution is -2.37. The highest BCUT2D eigenvalue weighted by Gasteiger charge is 2.09. The predicted octanol–water partition coefficient (Wildman–Crippen LogP) is 1.73. The van der Waals surface area contributed by atoms with Crippen LogP contribution in [-0.4, -0.2) is 54.3 Å². The van der Waals surface area contributed by atoms with E-state index in [0.717, 1.165) is 51.8 Å². The smallest absolute Gasteiger partial charge is 0.222 e.